The summed E-state index contributed by atoms with van der Waals surface area (Å²) in [5.41, 5.74) is 4.87. The lowest BCUT2D eigenvalue weighted by Gasteiger charge is -1.94. The standard InChI is InChI=1S/C11H9F2N5OS/c1-5-9(10(19)18(17-5)11(14)20)16-15-8-3-2-6(12)4-7(8)13/h2-4,17H,1H3,(H2,14,20). The molecule has 9 heteroatoms. The first-order valence-corrected chi connectivity index (χ1v) is 5.79. The zero-order valence-corrected chi connectivity index (χ0v) is 11.0. The van der Waals surface area contributed by atoms with Gasteiger partial charge in [0, 0.05) is 6.07 Å². The summed E-state index contributed by atoms with van der Waals surface area (Å²) in [6, 6.07) is 2.82. The van der Waals surface area contributed by atoms with Crippen molar-refractivity contribution in [3.05, 3.63) is 45.9 Å². The van der Waals surface area contributed by atoms with E-state index < -0.39 is 17.2 Å². The number of halogens is 2. The molecule has 1 heterocycles. The van der Waals surface area contributed by atoms with Crippen LogP contribution in [-0.2, 0) is 0 Å². The van der Waals surface area contributed by atoms with Crippen molar-refractivity contribution in [3.8, 4) is 0 Å². The molecule has 0 saturated heterocycles. The molecule has 1 aromatic carbocycles. The molecule has 2 rings (SSSR count). The second kappa shape index (κ2) is 5.29. The predicted molar refractivity (Wildman–Crippen MR) is 72.5 cm³/mol. The van der Waals surface area contributed by atoms with E-state index >= 15 is 0 Å². The van der Waals surface area contributed by atoms with Crippen LogP contribution in [0.15, 0.2) is 33.2 Å². The normalized spacial score (nSPS) is 11.2. The van der Waals surface area contributed by atoms with Crippen LogP contribution in [0, 0.1) is 18.6 Å². The van der Waals surface area contributed by atoms with Gasteiger partial charge in [0.05, 0.1) is 5.69 Å². The Labute approximate surface area is 116 Å². The maximum Gasteiger partial charge on any atom is 0.301 e. The molecule has 0 aliphatic rings. The number of aromatic amines is 1. The Morgan fingerprint density at radius 1 is 1.40 bits per heavy atom. The summed E-state index contributed by atoms with van der Waals surface area (Å²) < 4.78 is 27.0. The molecule has 0 atom stereocenters. The van der Waals surface area contributed by atoms with Crippen molar-refractivity contribution in [2.75, 3.05) is 0 Å². The Morgan fingerprint density at radius 2 is 2.10 bits per heavy atom. The van der Waals surface area contributed by atoms with Crippen molar-refractivity contribution in [3.63, 3.8) is 0 Å². The van der Waals surface area contributed by atoms with E-state index in [-0.39, 0.29) is 16.5 Å². The molecule has 0 bridgehead atoms. The number of benzene rings is 1. The Balaban J connectivity index is 2.42. The Kier molecular flexibility index (Phi) is 3.70. The highest BCUT2D eigenvalue weighted by Crippen LogP contribution is 2.21. The first-order valence-electron chi connectivity index (χ1n) is 5.38. The molecule has 0 radical (unpaired) electrons. The van der Waals surface area contributed by atoms with Crippen molar-refractivity contribution < 1.29 is 8.78 Å². The van der Waals surface area contributed by atoms with Crippen LogP contribution in [0.1, 0.15) is 5.69 Å². The lowest BCUT2D eigenvalue weighted by Crippen LogP contribution is -2.29. The van der Waals surface area contributed by atoms with Crippen molar-refractivity contribution >= 4 is 28.7 Å². The molecule has 0 fully saturated rings. The minimum Gasteiger partial charge on any atom is -0.374 e. The lowest BCUT2D eigenvalue weighted by molar-refractivity contribution is 0.584. The SMILES string of the molecule is Cc1[nH]n(C(N)=S)c(=O)c1N=Nc1ccc(F)cc1F. The summed E-state index contributed by atoms with van der Waals surface area (Å²) >= 11 is 4.67. The third kappa shape index (κ3) is 2.62. The van der Waals surface area contributed by atoms with Crippen molar-refractivity contribution in [1.82, 2.24) is 9.78 Å². The van der Waals surface area contributed by atoms with E-state index in [9.17, 15) is 13.6 Å². The number of aromatic nitrogens is 2. The number of rotatable bonds is 2. The summed E-state index contributed by atoms with van der Waals surface area (Å²) in [5.74, 6) is -1.60. The monoisotopic (exact) mass is 297 g/mol. The number of azo groups is 1. The van der Waals surface area contributed by atoms with Crippen molar-refractivity contribution in [2.24, 2.45) is 16.0 Å². The Bertz CT molecular complexity index is 765. The summed E-state index contributed by atoms with van der Waals surface area (Å²) in [5, 5.41) is 9.66. The molecule has 6 nitrogen and oxygen atoms in total. The summed E-state index contributed by atoms with van der Waals surface area (Å²) in [4.78, 5) is 11.8. The second-order valence-corrected chi connectivity index (χ2v) is 4.28. The third-order valence-electron chi connectivity index (χ3n) is 2.43. The zero-order chi connectivity index (χ0) is 14.9. The smallest absolute Gasteiger partial charge is 0.301 e. The van der Waals surface area contributed by atoms with Crippen LogP contribution in [0.25, 0.3) is 0 Å². The minimum absolute atomic E-state index is 0.0541. The third-order valence-corrected chi connectivity index (χ3v) is 2.61. The van der Waals surface area contributed by atoms with Crippen LogP contribution in [-0.4, -0.2) is 14.9 Å². The molecule has 0 saturated carbocycles. The highest BCUT2D eigenvalue weighted by molar-refractivity contribution is 7.80. The van der Waals surface area contributed by atoms with E-state index in [1.807, 2.05) is 0 Å². The molecule has 104 valence electrons. The van der Waals surface area contributed by atoms with E-state index in [1.54, 1.807) is 6.92 Å². The van der Waals surface area contributed by atoms with Crippen molar-refractivity contribution in [1.29, 1.82) is 0 Å². The van der Waals surface area contributed by atoms with Crippen LogP contribution in [0.5, 0.6) is 0 Å². The summed E-state index contributed by atoms with van der Waals surface area (Å²) in [6.45, 7) is 1.56. The van der Waals surface area contributed by atoms with Gasteiger partial charge in [0.1, 0.15) is 11.5 Å². The molecule has 0 aliphatic heterocycles. The topological polar surface area (TPSA) is 88.5 Å². The quantitative estimate of drug-likeness (QED) is 0.658. The highest BCUT2D eigenvalue weighted by Gasteiger charge is 2.12. The number of hydrogen-bond donors (Lipinski definition) is 2. The number of H-pyrrole nitrogens is 1. The van der Waals surface area contributed by atoms with Crippen LogP contribution >= 0.6 is 12.2 Å². The Hall–Kier alpha value is -2.42. The van der Waals surface area contributed by atoms with E-state index in [0.29, 0.717) is 11.8 Å². The molecule has 0 unspecified atom stereocenters. The molecule has 0 spiro atoms. The number of aryl methyl sites for hydroxylation is 1. The van der Waals surface area contributed by atoms with Gasteiger partial charge in [-0.2, -0.15) is 4.68 Å². The second-order valence-electron chi connectivity index (χ2n) is 3.86. The molecular formula is C11H9F2N5OS. The predicted octanol–water partition coefficient (Wildman–Crippen LogP) is 2.27. The molecule has 1 aromatic heterocycles. The fourth-order valence-corrected chi connectivity index (χ4v) is 1.61. The Morgan fingerprint density at radius 3 is 2.65 bits per heavy atom. The first kappa shape index (κ1) is 14.0. The van der Waals surface area contributed by atoms with Gasteiger partial charge in [-0.3, -0.25) is 9.89 Å². The number of hydrogen-bond acceptors (Lipinski definition) is 4. The van der Waals surface area contributed by atoms with Crippen LogP contribution in [0.3, 0.4) is 0 Å². The van der Waals surface area contributed by atoms with Gasteiger partial charge in [-0.05, 0) is 31.3 Å². The molecule has 0 aliphatic carbocycles. The van der Waals surface area contributed by atoms with Gasteiger partial charge < -0.3 is 5.73 Å². The minimum atomic E-state index is -0.878. The molecule has 3 N–H and O–H groups in total. The van der Waals surface area contributed by atoms with Gasteiger partial charge >= 0.3 is 5.56 Å². The van der Waals surface area contributed by atoms with Gasteiger partial charge in [-0.1, -0.05) is 0 Å². The molecular weight excluding hydrogens is 288 g/mol. The molecule has 20 heavy (non-hydrogen) atoms. The molecule has 0 amide bonds. The first-order chi connectivity index (χ1) is 9.40. The van der Waals surface area contributed by atoms with Gasteiger partial charge in [0.2, 0.25) is 0 Å². The van der Waals surface area contributed by atoms with Crippen LogP contribution in [0.2, 0.25) is 0 Å². The fourth-order valence-electron chi connectivity index (χ4n) is 1.48. The van der Waals surface area contributed by atoms with E-state index in [4.69, 9.17) is 5.73 Å². The van der Waals surface area contributed by atoms with Crippen LogP contribution in [0.4, 0.5) is 20.2 Å². The summed E-state index contributed by atoms with van der Waals surface area (Å²) in [6.07, 6.45) is 0. The number of nitrogens with two attached hydrogens (primary N) is 1. The van der Waals surface area contributed by atoms with Gasteiger partial charge in [-0.15, -0.1) is 10.2 Å². The van der Waals surface area contributed by atoms with E-state index in [2.05, 4.69) is 27.5 Å². The lowest BCUT2D eigenvalue weighted by atomic mass is 10.3. The van der Waals surface area contributed by atoms with Gasteiger partial charge in [0.25, 0.3) is 0 Å². The number of nitrogens with zero attached hydrogens (tertiary/aromatic N) is 3. The largest absolute Gasteiger partial charge is 0.374 e. The van der Waals surface area contributed by atoms with Crippen LogP contribution < -0.4 is 11.3 Å². The maximum atomic E-state index is 13.4. The van der Waals surface area contributed by atoms with E-state index in [1.165, 1.54) is 0 Å². The van der Waals surface area contributed by atoms with E-state index in [0.717, 1.165) is 16.8 Å². The average molecular weight is 297 g/mol. The van der Waals surface area contributed by atoms with Crippen molar-refractivity contribution in [2.45, 2.75) is 6.92 Å². The molecule has 2 aromatic rings. The van der Waals surface area contributed by atoms with Gasteiger partial charge in [0.15, 0.2) is 16.6 Å². The highest BCUT2D eigenvalue weighted by atomic mass is 32.1. The number of nitrogens with one attached hydrogen (secondary N) is 1. The number of thiocarbonyl (C=S) groups is 1. The zero-order valence-electron chi connectivity index (χ0n) is 10.2. The van der Waals surface area contributed by atoms with Gasteiger partial charge in [-0.25, -0.2) is 8.78 Å². The fraction of sp³-hybridized carbons (Fsp3) is 0.0909. The maximum absolute atomic E-state index is 13.4. The summed E-state index contributed by atoms with van der Waals surface area (Å²) in [7, 11) is 0. The average Bonchev–Trinajstić information content (AvgIpc) is 2.65.